The number of hydrogen-bond donors (Lipinski definition) is 2. The van der Waals surface area contributed by atoms with E-state index in [0.29, 0.717) is 5.56 Å². The molecule has 3 aromatic heterocycles. The fraction of sp³-hybridized carbons (Fsp3) is 0. The van der Waals surface area contributed by atoms with Gasteiger partial charge in [0.05, 0.1) is 6.20 Å². The highest BCUT2D eigenvalue weighted by molar-refractivity contribution is 5.94. The Bertz CT molecular complexity index is 968. The number of H-pyrrole nitrogens is 2. The molecule has 0 atom stereocenters. The van der Waals surface area contributed by atoms with Crippen molar-refractivity contribution in [1.29, 1.82) is 0 Å². The first kappa shape index (κ1) is 11.6. The van der Waals surface area contributed by atoms with Crippen LogP contribution in [0.15, 0.2) is 52.1 Å². The van der Waals surface area contributed by atoms with Crippen molar-refractivity contribution in [3.05, 3.63) is 53.3 Å². The van der Waals surface area contributed by atoms with E-state index in [-0.39, 0.29) is 23.0 Å². The van der Waals surface area contributed by atoms with Gasteiger partial charge in [-0.2, -0.15) is 0 Å². The van der Waals surface area contributed by atoms with Crippen LogP contribution in [0.1, 0.15) is 0 Å². The number of nitrogens with zero attached hydrogens (tertiary/aromatic N) is 3. The third-order valence-corrected chi connectivity index (χ3v) is 3.18. The smallest absolute Gasteiger partial charge is 0.278 e. The van der Waals surface area contributed by atoms with E-state index in [0.717, 1.165) is 10.9 Å². The lowest BCUT2D eigenvalue weighted by molar-refractivity contribution is 0.567. The van der Waals surface area contributed by atoms with Crippen LogP contribution in [0.3, 0.4) is 0 Å². The summed E-state index contributed by atoms with van der Waals surface area (Å²) in [4.78, 5) is 21.9. The monoisotopic (exact) mass is 279 g/mol. The number of hydrogen-bond acceptors (Lipinski definition) is 5. The zero-order valence-electron chi connectivity index (χ0n) is 10.7. The molecule has 0 aliphatic rings. The number of aromatic nitrogens is 5. The van der Waals surface area contributed by atoms with Gasteiger partial charge < -0.3 is 9.40 Å². The Morgan fingerprint density at radius 1 is 1.14 bits per heavy atom. The molecule has 0 amide bonds. The summed E-state index contributed by atoms with van der Waals surface area (Å²) in [6, 6.07) is 7.68. The highest BCUT2D eigenvalue weighted by Crippen LogP contribution is 2.24. The lowest BCUT2D eigenvalue weighted by atomic mass is 10.1. The van der Waals surface area contributed by atoms with E-state index in [1.165, 1.54) is 12.5 Å². The maximum atomic E-state index is 12.2. The van der Waals surface area contributed by atoms with Gasteiger partial charge in [-0.25, -0.2) is 4.98 Å². The number of para-hydroxylation sites is 1. The molecule has 3 heterocycles. The summed E-state index contributed by atoms with van der Waals surface area (Å²) in [5, 5.41) is 8.90. The minimum Gasteiger partial charge on any atom is -0.442 e. The summed E-state index contributed by atoms with van der Waals surface area (Å²) in [5.74, 6) is 0.429. The van der Waals surface area contributed by atoms with Gasteiger partial charge in [-0.15, -0.1) is 10.2 Å². The molecule has 4 rings (SSSR count). The van der Waals surface area contributed by atoms with Crippen LogP contribution in [0.25, 0.3) is 33.9 Å². The highest BCUT2D eigenvalue weighted by atomic mass is 16.3. The summed E-state index contributed by atoms with van der Waals surface area (Å²) in [7, 11) is 0. The van der Waals surface area contributed by atoms with Crippen LogP contribution in [0.2, 0.25) is 0 Å². The van der Waals surface area contributed by atoms with Gasteiger partial charge in [0.25, 0.3) is 11.4 Å². The lowest BCUT2D eigenvalue weighted by Crippen LogP contribution is -2.14. The summed E-state index contributed by atoms with van der Waals surface area (Å²) >= 11 is 0. The van der Waals surface area contributed by atoms with Crippen molar-refractivity contribution in [3.63, 3.8) is 0 Å². The quantitative estimate of drug-likeness (QED) is 0.584. The number of benzene rings is 1. The normalized spacial score (nSPS) is 11.0. The number of oxazole rings is 1. The molecule has 0 spiro atoms. The zero-order chi connectivity index (χ0) is 14.2. The van der Waals surface area contributed by atoms with E-state index < -0.39 is 0 Å². The van der Waals surface area contributed by atoms with E-state index >= 15 is 0 Å². The van der Waals surface area contributed by atoms with Crippen LogP contribution in [0.5, 0.6) is 0 Å². The number of fused-ring (bicyclic) bond motifs is 1. The second kappa shape index (κ2) is 4.41. The van der Waals surface area contributed by atoms with E-state index in [9.17, 15) is 4.79 Å². The minimum atomic E-state index is -0.344. The van der Waals surface area contributed by atoms with Gasteiger partial charge in [-0.05, 0) is 6.07 Å². The number of rotatable bonds is 2. The molecule has 2 N–H and O–H groups in total. The van der Waals surface area contributed by atoms with E-state index in [4.69, 9.17) is 4.42 Å². The van der Waals surface area contributed by atoms with Gasteiger partial charge in [-0.3, -0.25) is 9.78 Å². The van der Waals surface area contributed by atoms with Crippen LogP contribution in [0, 0.1) is 0 Å². The molecule has 0 unspecified atom stereocenters. The molecule has 7 heteroatoms. The van der Waals surface area contributed by atoms with Crippen molar-refractivity contribution in [1.82, 2.24) is 25.1 Å². The molecule has 0 bridgehead atoms. The number of nitrogens with one attached hydrogen (secondary N) is 2. The van der Waals surface area contributed by atoms with E-state index in [2.05, 4.69) is 25.1 Å². The minimum absolute atomic E-state index is 0.202. The van der Waals surface area contributed by atoms with Gasteiger partial charge in [0.15, 0.2) is 5.69 Å². The Morgan fingerprint density at radius 2 is 2.05 bits per heavy atom. The molecular formula is C14H9N5O2. The maximum absolute atomic E-state index is 12.2. The highest BCUT2D eigenvalue weighted by Gasteiger charge is 2.14. The molecule has 0 saturated carbocycles. The Hall–Kier alpha value is -3.22. The first-order chi connectivity index (χ1) is 10.3. The molecule has 7 nitrogen and oxygen atoms in total. The fourth-order valence-electron chi connectivity index (χ4n) is 2.22. The average molecular weight is 279 g/mol. The Balaban J connectivity index is 1.88. The molecule has 1 aromatic carbocycles. The van der Waals surface area contributed by atoms with Gasteiger partial charge in [0, 0.05) is 22.7 Å². The molecule has 0 fully saturated rings. The molecule has 0 aliphatic carbocycles. The largest absolute Gasteiger partial charge is 0.442 e. The average Bonchev–Trinajstić information content (AvgIpc) is 3.17. The standard InChI is InChI=1S/C14H9N5O2/c20-13-11(9-7-16-10-4-2-1-3-8(9)10)18-19-12(17-13)14-15-5-6-21-14/h1-7,16H,(H,17,19,20). The molecule has 21 heavy (non-hydrogen) atoms. The van der Waals surface area contributed by atoms with Crippen molar-refractivity contribution < 1.29 is 4.42 Å². The van der Waals surface area contributed by atoms with Crippen molar-refractivity contribution in [3.8, 4) is 23.0 Å². The van der Waals surface area contributed by atoms with Crippen LogP contribution >= 0.6 is 0 Å². The summed E-state index contributed by atoms with van der Waals surface area (Å²) in [6.07, 6.45) is 4.63. The van der Waals surface area contributed by atoms with E-state index in [1.54, 1.807) is 6.20 Å². The molecule has 4 aromatic rings. The topological polar surface area (TPSA) is 100 Å². The van der Waals surface area contributed by atoms with Gasteiger partial charge in [0.2, 0.25) is 5.82 Å². The second-order valence-electron chi connectivity index (χ2n) is 4.44. The second-order valence-corrected chi connectivity index (χ2v) is 4.44. The van der Waals surface area contributed by atoms with Crippen LogP contribution in [0.4, 0.5) is 0 Å². The third kappa shape index (κ3) is 1.83. The predicted octanol–water partition coefficient (Wildman–Crippen LogP) is 1.97. The predicted molar refractivity (Wildman–Crippen MR) is 75.4 cm³/mol. The van der Waals surface area contributed by atoms with Crippen molar-refractivity contribution in [2.24, 2.45) is 0 Å². The van der Waals surface area contributed by atoms with Crippen LogP contribution in [-0.4, -0.2) is 25.1 Å². The SMILES string of the molecule is O=c1[nH]c(-c2ncco2)nnc1-c1c[nH]c2ccccc12. The van der Waals surface area contributed by atoms with E-state index in [1.807, 2.05) is 24.3 Å². The number of aromatic amines is 2. The Morgan fingerprint density at radius 3 is 2.86 bits per heavy atom. The van der Waals surface area contributed by atoms with Crippen molar-refractivity contribution in [2.75, 3.05) is 0 Å². The Labute approximate surface area is 117 Å². The molecule has 102 valence electrons. The molecule has 0 saturated heterocycles. The van der Waals surface area contributed by atoms with Crippen molar-refractivity contribution in [2.45, 2.75) is 0 Å². The fourth-order valence-corrected chi connectivity index (χ4v) is 2.22. The Kier molecular flexibility index (Phi) is 2.43. The third-order valence-electron chi connectivity index (χ3n) is 3.18. The summed E-state index contributed by atoms with van der Waals surface area (Å²) in [6.45, 7) is 0. The molecule has 0 aliphatic heterocycles. The van der Waals surface area contributed by atoms with Crippen molar-refractivity contribution >= 4 is 10.9 Å². The molecular weight excluding hydrogens is 270 g/mol. The first-order valence-electron chi connectivity index (χ1n) is 6.26. The lowest BCUT2D eigenvalue weighted by Gasteiger charge is -1.98. The molecule has 0 radical (unpaired) electrons. The summed E-state index contributed by atoms with van der Waals surface area (Å²) < 4.78 is 5.09. The van der Waals surface area contributed by atoms with Crippen LogP contribution < -0.4 is 5.56 Å². The first-order valence-corrected chi connectivity index (χ1v) is 6.26. The zero-order valence-corrected chi connectivity index (χ0v) is 10.7. The van der Waals surface area contributed by atoms with Gasteiger partial charge >= 0.3 is 0 Å². The maximum Gasteiger partial charge on any atom is 0.278 e. The van der Waals surface area contributed by atoms with Gasteiger partial charge in [0.1, 0.15) is 6.26 Å². The van der Waals surface area contributed by atoms with Crippen LogP contribution in [-0.2, 0) is 0 Å². The van der Waals surface area contributed by atoms with Gasteiger partial charge in [-0.1, -0.05) is 18.2 Å². The summed E-state index contributed by atoms with van der Waals surface area (Å²) in [5.41, 5.74) is 1.55.